The second-order valence-corrected chi connectivity index (χ2v) is 6.76. The molecular weight excluding hydrogens is 290 g/mol. The fourth-order valence-corrected chi connectivity index (χ4v) is 2.10. The summed E-state index contributed by atoms with van der Waals surface area (Å²) in [6.07, 6.45) is 0. The van der Waals surface area contributed by atoms with Crippen LogP contribution in [0.2, 0.25) is 0 Å². The summed E-state index contributed by atoms with van der Waals surface area (Å²) in [6, 6.07) is 8.02. The molecule has 5 nitrogen and oxygen atoms in total. The molecule has 1 aromatic carbocycles. The zero-order chi connectivity index (χ0) is 17.5. The molecule has 0 bridgehead atoms. The quantitative estimate of drug-likeness (QED) is 0.791. The van der Waals surface area contributed by atoms with Crippen LogP contribution in [0.15, 0.2) is 24.3 Å². The highest BCUT2D eigenvalue weighted by Crippen LogP contribution is 2.14. The maximum absolute atomic E-state index is 11.8. The Morgan fingerprint density at radius 1 is 0.957 bits per heavy atom. The van der Waals surface area contributed by atoms with E-state index in [9.17, 15) is 9.59 Å². The Kier molecular flexibility index (Phi) is 7.07. The molecule has 2 amide bonds. The van der Waals surface area contributed by atoms with Crippen molar-refractivity contribution in [1.82, 2.24) is 10.6 Å². The predicted molar refractivity (Wildman–Crippen MR) is 94.3 cm³/mol. The Labute approximate surface area is 139 Å². The summed E-state index contributed by atoms with van der Waals surface area (Å²) < 4.78 is 0. The first-order valence-corrected chi connectivity index (χ1v) is 8.16. The number of carbonyl (C=O) groups is 2. The molecule has 0 fully saturated rings. The predicted octanol–water partition coefficient (Wildman–Crippen LogP) is 2.31. The number of benzene rings is 1. The minimum absolute atomic E-state index is 0.0454. The fraction of sp³-hybridized carbons (Fsp3) is 0.556. The van der Waals surface area contributed by atoms with Crippen LogP contribution < -0.4 is 15.5 Å². The molecule has 1 rings (SSSR count). The second-order valence-electron chi connectivity index (χ2n) is 6.76. The molecule has 0 aliphatic heterocycles. The summed E-state index contributed by atoms with van der Waals surface area (Å²) >= 11 is 0. The Morgan fingerprint density at radius 2 is 1.48 bits per heavy atom. The lowest BCUT2D eigenvalue weighted by molar-refractivity contribution is -0.139. The average Bonchev–Trinajstić information content (AvgIpc) is 2.52. The molecule has 0 heterocycles. The van der Waals surface area contributed by atoms with Gasteiger partial charge in [0.15, 0.2) is 0 Å². The van der Waals surface area contributed by atoms with Crippen molar-refractivity contribution in [2.75, 3.05) is 24.5 Å². The lowest BCUT2D eigenvalue weighted by Gasteiger charge is -2.21. The van der Waals surface area contributed by atoms with Crippen molar-refractivity contribution < 1.29 is 9.59 Å². The van der Waals surface area contributed by atoms with Crippen LogP contribution in [0, 0.1) is 5.41 Å². The first-order valence-electron chi connectivity index (χ1n) is 8.16. The number of anilines is 1. The Bertz CT molecular complexity index is 514. The van der Waals surface area contributed by atoms with E-state index >= 15 is 0 Å². The van der Waals surface area contributed by atoms with Crippen LogP contribution in [0.25, 0.3) is 0 Å². The fourth-order valence-electron chi connectivity index (χ4n) is 2.10. The lowest BCUT2D eigenvalue weighted by Crippen LogP contribution is -2.42. The van der Waals surface area contributed by atoms with Crippen molar-refractivity contribution in [3.05, 3.63) is 29.8 Å². The summed E-state index contributed by atoms with van der Waals surface area (Å²) in [4.78, 5) is 25.7. The molecule has 0 saturated heterocycles. The van der Waals surface area contributed by atoms with Crippen molar-refractivity contribution in [2.45, 2.75) is 41.2 Å². The van der Waals surface area contributed by atoms with Crippen LogP contribution in [0.4, 0.5) is 5.69 Å². The average molecular weight is 319 g/mol. The third-order valence-electron chi connectivity index (χ3n) is 3.50. The molecular formula is C18H29N3O2. The lowest BCUT2D eigenvalue weighted by atomic mass is 9.97. The molecule has 0 aromatic heterocycles. The molecule has 23 heavy (non-hydrogen) atoms. The summed E-state index contributed by atoms with van der Waals surface area (Å²) in [5, 5.41) is 5.29. The summed E-state index contributed by atoms with van der Waals surface area (Å²) in [5.41, 5.74) is 2.09. The van der Waals surface area contributed by atoms with Crippen molar-refractivity contribution >= 4 is 17.5 Å². The van der Waals surface area contributed by atoms with E-state index in [1.165, 1.54) is 0 Å². The number of rotatable bonds is 6. The van der Waals surface area contributed by atoms with Crippen molar-refractivity contribution in [2.24, 2.45) is 5.41 Å². The van der Waals surface area contributed by atoms with Crippen molar-refractivity contribution in [3.63, 3.8) is 0 Å². The van der Waals surface area contributed by atoms with E-state index in [-0.39, 0.29) is 5.41 Å². The van der Waals surface area contributed by atoms with Crippen LogP contribution in [0.1, 0.15) is 40.2 Å². The van der Waals surface area contributed by atoms with Gasteiger partial charge in [-0.25, -0.2) is 0 Å². The third-order valence-corrected chi connectivity index (χ3v) is 3.50. The van der Waals surface area contributed by atoms with Crippen LogP contribution in [0.5, 0.6) is 0 Å². The molecule has 2 N–H and O–H groups in total. The first kappa shape index (κ1) is 19.0. The van der Waals surface area contributed by atoms with E-state index in [0.29, 0.717) is 13.1 Å². The van der Waals surface area contributed by atoms with Gasteiger partial charge in [-0.05, 0) is 37.0 Å². The van der Waals surface area contributed by atoms with E-state index < -0.39 is 11.8 Å². The van der Waals surface area contributed by atoms with Crippen molar-refractivity contribution in [3.8, 4) is 0 Å². The molecule has 0 unspecified atom stereocenters. The van der Waals surface area contributed by atoms with Gasteiger partial charge in [0.25, 0.3) is 0 Å². The van der Waals surface area contributed by atoms with Gasteiger partial charge < -0.3 is 15.5 Å². The smallest absolute Gasteiger partial charge is 0.309 e. The zero-order valence-electron chi connectivity index (χ0n) is 14.9. The SMILES string of the molecule is CCN(CC)c1ccc(CNC(=O)C(=O)NCC(C)(C)C)cc1. The first-order chi connectivity index (χ1) is 10.8. The maximum atomic E-state index is 11.8. The number of hydrogen-bond acceptors (Lipinski definition) is 3. The summed E-state index contributed by atoms with van der Waals surface area (Å²) in [6.45, 7) is 13.0. The number of amides is 2. The minimum atomic E-state index is -0.595. The van der Waals surface area contributed by atoms with Gasteiger partial charge in [-0.15, -0.1) is 0 Å². The van der Waals surface area contributed by atoms with Gasteiger partial charge in [0, 0.05) is 31.9 Å². The van der Waals surface area contributed by atoms with Gasteiger partial charge >= 0.3 is 11.8 Å². The van der Waals surface area contributed by atoms with E-state index in [2.05, 4.69) is 29.4 Å². The molecule has 0 radical (unpaired) electrons. The largest absolute Gasteiger partial charge is 0.372 e. The number of carbonyl (C=O) groups excluding carboxylic acids is 2. The summed E-state index contributed by atoms with van der Waals surface area (Å²) in [7, 11) is 0. The van der Waals surface area contributed by atoms with E-state index in [1.54, 1.807) is 0 Å². The highest BCUT2D eigenvalue weighted by Gasteiger charge is 2.17. The minimum Gasteiger partial charge on any atom is -0.372 e. The molecule has 1 aromatic rings. The van der Waals surface area contributed by atoms with Gasteiger partial charge in [-0.3, -0.25) is 9.59 Å². The number of nitrogens with zero attached hydrogens (tertiary/aromatic N) is 1. The van der Waals surface area contributed by atoms with Gasteiger partial charge in [0.1, 0.15) is 0 Å². The Balaban J connectivity index is 2.48. The van der Waals surface area contributed by atoms with E-state index in [4.69, 9.17) is 0 Å². The van der Waals surface area contributed by atoms with Crippen LogP contribution in [-0.2, 0) is 16.1 Å². The third kappa shape index (κ3) is 6.72. The van der Waals surface area contributed by atoms with E-state index in [1.807, 2.05) is 45.0 Å². The molecule has 0 saturated carbocycles. The molecule has 0 aliphatic carbocycles. The normalized spacial score (nSPS) is 11.0. The summed E-state index contributed by atoms with van der Waals surface area (Å²) in [5.74, 6) is -1.18. The van der Waals surface area contributed by atoms with Crippen molar-refractivity contribution in [1.29, 1.82) is 0 Å². The Hall–Kier alpha value is -2.04. The topological polar surface area (TPSA) is 61.4 Å². The highest BCUT2D eigenvalue weighted by atomic mass is 16.2. The molecule has 0 aliphatic rings. The van der Waals surface area contributed by atoms with Crippen LogP contribution in [0.3, 0.4) is 0 Å². The van der Waals surface area contributed by atoms with Gasteiger partial charge in [0.2, 0.25) is 0 Å². The van der Waals surface area contributed by atoms with Gasteiger partial charge in [-0.1, -0.05) is 32.9 Å². The second kappa shape index (κ2) is 8.56. The van der Waals surface area contributed by atoms with Gasteiger partial charge in [0.05, 0.1) is 0 Å². The highest BCUT2D eigenvalue weighted by molar-refractivity contribution is 6.35. The zero-order valence-corrected chi connectivity index (χ0v) is 14.9. The monoisotopic (exact) mass is 319 g/mol. The Morgan fingerprint density at radius 3 is 1.96 bits per heavy atom. The molecule has 128 valence electrons. The maximum Gasteiger partial charge on any atom is 0.309 e. The molecule has 5 heteroatoms. The number of hydrogen-bond donors (Lipinski definition) is 2. The standard InChI is InChI=1S/C18H29N3O2/c1-6-21(7-2)15-10-8-14(9-11-15)12-19-16(22)17(23)20-13-18(3,4)5/h8-11H,6-7,12-13H2,1-5H3,(H,19,22)(H,20,23). The molecule has 0 spiro atoms. The van der Waals surface area contributed by atoms with Crippen LogP contribution in [-0.4, -0.2) is 31.4 Å². The van der Waals surface area contributed by atoms with E-state index in [0.717, 1.165) is 24.3 Å². The van der Waals surface area contributed by atoms with Gasteiger partial charge in [-0.2, -0.15) is 0 Å². The molecule has 0 atom stereocenters. The number of nitrogens with one attached hydrogen (secondary N) is 2. The van der Waals surface area contributed by atoms with Crippen LogP contribution >= 0.6 is 0 Å².